The van der Waals surface area contributed by atoms with Crippen molar-refractivity contribution < 1.29 is 13.6 Å². The smallest absolute Gasteiger partial charge is 0.186 e. The van der Waals surface area contributed by atoms with Crippen LogP contribution in [0.1, 0.15) is 21.1 Å². The molecule has 0 N–H and O–H groups in total. The number of carbonyl (C=O) groups is 1. The van der Waals surface area contributed by atoms with E-state index in [1.807, 2.05) is 0 Å². The summed E-state index contributed by atoms with van der Waals surface area (Å²) < 4.78 is 26.3. The van der Waals surface area contributed by atoms with E-state index >= 15 is 0 Å². The van der Waals surface area contributed by atoms with Crippen LogP contribution in [0.15, 0.2) is 23.6 Å². The Morgan fingerprint density at radius 2 is 2.18 bits per heavy atom. The van der Waals surface area contributed by atoms with Crippen LogP contribution in [0.5, 0.6) is 0 Å². The largest absolute Gasteiger partial charge is 0.292 e. The Bertz CT molecular complexity index is 565. The molecule has 0 aliphatic heterocycles. The van der Waals surface area contributed by atoms with E-state index in [9.17, 15) is 13.6 Å². The molecule has 0 unspecified atom stereocenters. The molecule has 88 valence electrons. The highest BCUT2D eigenvalue weighted by Crippen LogP contribution is 2.15. The number of aromatic nitrogens is 1. The first-order valence-electron chi connectivity index (χ1n) is 4.96. The van der Waals surface area contributed by atoms with E-state index in [2.05, 4.69) is 4.98 Å². The second-order valence-electron chi connectivity index (χ2n) is 3.56. The normalized spacial score (nSPS) is 10.5. The zero-order valence-electron chi connectivity index (χ0n) is 9.04. The SMILES string of the molecule is Cc1nc(C(=O)Cc2cccc(F)c2F)cs1. The molecule has 0 aliphatic carbocycles. The number of hydrogen-bond donors (Lipinski definition) is 0. The van der Waals surface area contributed by atoms with Crippen LogP contribution in [0.2, 0.25) is 0 Å². The van der Waals surface area contributed by atoms with E-state index in [1.54, 1.807) is 12.3 Å². The Labute approximate surface area is 101 Å². The molecule has 17 heavy (non-hydrogen) atoms. The van der Waals surface area contributed by atoms with Crippen molar-refractivity contribution in [1.29, 1.82) is 0 Å². The minimum Gasteiger partial charge on any atom is -0.292 e. The molecule has 0 bridgehead atoms. The monoisotopic (exact) mass is 253 g/mol. The summed E-state index contributed by atoms with van der Waals surface area (Å²) in [5.41, 5.74) is 0.358. The van der Waals surface area contributed by atoms with Crippen LogP contribution in [0.4, 0.5) is 8.78 Å². The number of nitrogens with zero attached hydrogens (tertiary/aromatic N) is 1. The van der Waals surface area contributed by atoms with Crippen molar-refractivity contribution in [2.24, 2.45) is 0 Å². The number of aryl methyl sites for hydroxylation is 1. The second-order valence-corrected chi connectivity index (χ2v) is 4.63. The fraction of sp³-hybridized carbons (Fsp3) is 0.167. The second kappa shape index (κ2) is 4.71. The first kappa shape index (κ1) is 11.9. The topological polar surface area (TPSA) is 30.0 Å². The maximum Gasteiger partial charge on any atom is 0.186 e. The van der Waals surface area contributed by atoms with E-state index in [4.69, 9.17) is 0 Å². The number of ketones is 1. The Hall–Kier alpha value is -1.62. The van der Waals surface area contributed by atoms with Crippen LogP contribution in [0, 0.1) is 18.6 Å². The highest BCUT2D eigenvalue weighted by Gasteiger charge is 2.14. The van der Waals surface area contributed by atoms with Crippen LogP contribution in [0.25, 0.3) is 0 Å². The van der Waals surface area contributed by atoms with Gasteiger partial charge in [-0.1, -0.05) is 12.1 Å². The van der Waals surface area contributed by atoms with Gasteiger partial charge in [0.2, 0.25) is 0 Å². The molecule has 0 fully saturated rings. The average molecular weight is 253 g/mol. The van der Waals surface area contributed by atoms with E-state index < -0.39 is 11.6 Å². The lowest BCUT2D eigenvalue weighted by atomic mass is 10.1. The fourth-order valence-corrected chi connectivity index (χ4v) is 2.06. The molecular weight excluding hydrogens is 244 g/mol. The molecule has 2 nitrogen and oxygen atoms in total. The highest BCUT2D eigenvalue weighted by atomic mass is 32.1. The maximum absolute atomic E-state index is 13.3. The maximum atomic E-state index is 13.3. The average Bonchev–Trinajstić information content (AvgIpc) is 2.72. The van der Waals surface area contributed by atoms with Gasteiger partial charge in [0.05, 0.1) is 5.01 Å². The van der Waals surface area contributed by atoms with Crippen molar-refractivity contribution in [3.8, 4) is 0 Å². The lowest BCUT2D eigenvalue weighted by molar-refractivity contribution is 0.0987. The van der Waals surface area contributed by atoms with Gasteiger partial charge in [-0.25, -0.2) is 13.8 Å². The molecule has 5 heteroatoms. The summed E-state index contributed by atoms with van der Waals surface area (Å²) in [6, 6.07) is 3.80. The zero-order valence-corrected chi connectivity index (χ0v) is 9.85. The van der Waals surface area contributed by atoms with Gasteiger partial charge in [-0.05, 0) is 18.6 Å². The van der Waals surface area contributed by atoms with Gasteiger partial charge in [-0.15, -0.1) is 11.3 Å². The van der Waals surface area contributed by atoms with Crippen molar-refractivity contribution >= 4 is 17.1 Å². The molecule has 1 aromatic carbocycles. The van der Waals surface area contributed by atoms with Crippen LogP contribution >= 0.6 is 11.3 Å². The van der Waals surface area contributed by atoms with E-state index in [-0.39, 0.29) is 17.8 Å². The van der Waals surface area contributed by atoms with Crippen molar-refractivity contribution in [1.82, 2.24) is 4.98 Å². The molecule has 0 radical (unpaired) electrons. The van der Waals surface area contributed by atoms with E-state index in [1.165, 1.54) is 23.5 Å². The van der Waals surface area contributed by atoms with Gasteiger partial charge in [0, 0.05) is 11.8 Å². The molecule has 0 saturated heterocycles. The fourth-order valence-electron chi connectivity index (χ4n) is 1.44. The standard InChI is InChI=1S/C12H9F2NOS/c1-7-15-10(6-17-7)11(16)5-8-3-2-4-9(13)12(8)14/h2-4,6H,5H2,1H3. The Morgan fingerprint density at radius 3 is 2.82 bits per heavy atom. The van der Waals surface area contributed by atoms with Crippen molar-refractivity contribution in [2.45, 2.75) is 13.3 Å². The minimum atomic E-state index is -0.965. The van der Waals surface area contributed by atoms with Gasteiger partial charge in [-0.2, -0.15) is 0 Å². The van der Waals surface area contributed by atoms with Gasteiger partial charge < -0.3 is 0 Å². The number of benzene rings is 1. The first-order valence-corrected chi connectivity index (χ1v) is 5.84. The van der Waals surface area contributed by atoms with E-state index in [0.717, 1.165) is 11.1 Å². The number of carbonyl (C=O) groups excluding carboxylic acids is 1. The molecule has 1 heterocycles. The van der Waals surface area contributed by atoms with Gasteiger partial charge in [0.25, 0.3) is 0 Å². The van der Waals surface area contributed by atoms with Gasteiger partial charge in [0.1, 0.15) is 5.69 Å². The lowest BCUT2D eigenvalue weighted by Gasteiger charge is -2.01. The molecule has 2 aromatic rings. The van der Waals surface area contributed by atoms with Crippen LogP contribution in [-0.2, 0) is 6.42 Å². The number of Topliss-reactive ketones (excluding diaryl/α,β-unsaturated/α-hetero) is 1. The predicted octanol–water partition coefficient (Wildman–Crippen LogP) is 3.16. The third kappa shape index (κ3) is 2.55. The summed E-state index contributed by atoms with van der Waals surface area (Å²) in [6.07, 6.45) is -0.174. The molecule has 0 saturated carbocycles. The van der Waals surface area contributed by atoms with Crippen molar-refractivity contribution in [3.63, 3.8) is 0 Å². The molecular formula is C12H9F2NOS. The predicted molar refractivity (Wildman–Crippen MR) is 61.2 cm³/mol. The summed E-state index contributed by atoms with van der Waals surface area (Å²) in [7, 11) is 0. The molecule has 0 amide bonds. The Balaban J connectivity index is 2.21. The third-order valence-electron chi connectivity index (χ3n) is 2.29. The molecule has 2 rings (SSSR count). The highest BCUT2D eigenvalue weighted by molar-refractivity contribution is 7.09. The Kier molecular flexibility index (Phi) is 3.28. The third-order valence-corrected chi connectivity index (χ3v) is 3.06. The number of halogens is 2. The summed E-state index contributed by atoms with van der Waals surface area (Å²) in [4.78, 5) is 15.8. The Morgan fingerprint density at radius 1 is 1.41 bits per heavy atom. The van der Waals surface area contributed by atoms with Gasteiger partial charge in [-0.3, -0.25) is 4.79 Å². The van der Waals surface area contributed by atoms with Crippen LogP contribution in [-0.4, -0.2) is 10.8 Å². The number of hydrogen-bond acceptors (Lipinski definition) is 3. The summed E-state index contributed by atoms with van der Waals surface area (Å²) in [5, 5.41) is 2.39. The van der Waals surface area contributed by atoms with Crippen molar-refractivity contribution in [2.75, 3.05) is 0 Å². The van der Waals surface area contributed by atoms with Crippen LogP contribution < -0.4 is 0 Å². The van der Waals surface area contributed by atoms with E-state index in [0.29, 0.717) is 5.69 Å². The number of rotatable bonds is 3. The molecule has 1 aromatic heterocycles. The lowest BCUT2D eigenvalue weighted by Crippen LogP contribution is -2.06. The zero-order chi connectivity index (χ0) is 12.4. The van der Waals surface area contributed by atoms with Gasteiger partial charge in [0.15, 0.2) is 17.4 Å². The van der Waals surface area contributed by atoms with Crippen LogP contribution in [0.3, 0.4) is 0 Å². The van der Waals surface area contributed by atoms with Crippen molar-refractivity contribution in [3.05, 3.63) is 51.5 Å². The summed E-state index contributed by atoms with van der Waals surface area (Å²) in [6.45, 7) is 1.78. The van der Waals surface area contributed by atoms with Gasteiger partial charge >= 0.3 is 0 Å². The summed E-state index contributed by atoms with van der Waals surface area (Å²) >= 11 is 1.35. The minimum absolute atomic E-state index is 0.0562. The quantitative estimate of drug-likeness (QED) is 0.786. The molecule has 0 spiro atoms. The number of thiazole rings is 1. The molecule has 0 atom stereocenters. The first-order chi connectivity index (χ1) is 8.08. The molecule has 0 aliphatic rings. The summed E-state index contributed by atoms with van der Waals surface area (Å²) in [5.74, 6) is -2.21.